The highest BCUT2D eigenvalue weighted by Crippen LogP contribution is 2.36. The maximum atomic E-state index is 13.5. The van der Waals surface area contributed by atoms with Crippen LogP contribution >= 0.6 is 15.9 Å². The Labute approximate surface area is 138 Å². The fraction of sp³-hybridized carbons (Fsp3) is 0.294. The maximum Gasteiger partial charge on any atom is 0.174 e. The number of hydrogen-bond donors (Lipinski definition) is 1. The molecule has 0 spiro atoms. The molecule has 0 radical (unpaired) electrons. The summed E-state index contributed by atoms with van der Waals surface area (Å²) in [6, 6.07) is 10.8. The van der Waals surface area contributed by atoms with Crippen LogP contribution in [0.25, 0.3) is 0 Å². The third-order valence-electron chi connectivity index (χ3n) is 3.35. The summed E-state index contributed by atoms with van der Waals surface area (Å²) in [5.74, 6) is 1.21. The Balaban J connectivity index is 1.92. The third kappa shape index (κ3) is 4.21. The first-order chi connectivity index (χ1) is 10.7. The molecular formula is C17H19BrFNO2. The standard InChI is InChI=1S/C17H19BrFNO2/c1-21-16-10-12(9-14(18)17(16)22-2)11-20-8-7-13-5-3-4-6-15(13)19/h3-6,9-10,20H,7-8,11H2,1-2H3. The minimum atomic E-state index is -0.154. The SMILES string of the molecule is COc1cc(CNCCc2ccccc2F)cc(Br)c1OC. The second-order valence-electron chi connectivity index (χ2n) is 4.83. The smallest absolute Gasteiger partial charge is 0.174 e. The molecule has 118 valence electrons. The van der Waals surface area contributed by atoms with E-state index in [1.165, 1.54) is 6.07 Å². The van der Waals surface area contributed by atoms with E-state index >= 15 is 0 Å². The first kappa shape index (κ1) is 16.8. The van der Waals surface area contributed by atoms with Crippen molar-refractivity contribution < 1.29 is 13.9 Å². The topological polar surface area (TPSA) is 30.5 Å². The Morgan fingerprint density at radius 2 is 1.91 bits per heavy atom. The van der Waals surface area contributed by atoms with Gasteiger partial charge in [0.05, 0.1) is 18.7 Å². The van der Waals surface area contributed by atoms with Gasteiger partial charge < -0.3 is 14.8 Å². The van der Waals surface area contributed by atoms with Gasteiger partial charge in [0.2, 0.25) is 0 Å². The van der Waals surface area contributed by atoms with Crippen molar-refractivity contribution in [2.45, 2.75) is 13.0 Å². The number of methoxy groups -OCH3 is 2. The van der Waals surface area contributed by atoms with E-state index in [2.05, 4.69) is 21.2 Å². The van der Waals surface area contributed by atoms with Crippen LogP contribution in [0.5, 0.6) is 11.5 Å². The van der Waals surface area contributed by atoms with E-state index in [4.69, 9.17) is 9.47 Å². The van der Waals surface area contributed by atoms with Gasteiger partial charge in [-0.15, -0.1) is 0 Å². The summed E-state index contributed by atoms with van der Waals surface area (Å²) in [5, 5.41) is 3.31. The maximum absolute atomic E-state index is 13.5. The van der Waals surface area contributed by atoms with Crippen LogP contribution in [0.2, 0.25) is 0 Å². The Hall–Kier alpha value is -1.59. The molecule has 3 nitrogen and oxygen atoms in total. The minimum Gasteiger partial charge on any atom is -0.493 e. The van der Waals surface area contributed by atoms with E-state index in [-0.39, 0.29) is 5.82 Å². The Kier molecular flexibility index (Phi) is 6.21. The average Bonchev–Trinajstić information content (AvgIpc) is 2.52. The number of benzene rings is 2. The molecule has 2 rings (SSSR count). The van der Waals surface area contributed by atoms with Gasteiger partial charge in [-0.1, -0.05) is 18.2 Å². The van der Waals surface area contributed by atoms with E-state index < -0.39 is 0 Å². The molecule has 0 aliphatic heterocycles. The average molecular weight is 368 g/mol. The third-order valence-corrected chi connectivity index (χ3v) is 3.94. The van der Waals surface area contributed by atoms with Gasteiger partial charge in [0.25, 0.3) is 0 Å². The minimum absolute atomic E-state index is 0.154. The van der Waals surface area contributed by atoms with Crippen molar-refractivity contribution in [1.29, 1.82) is 0 Å². The normalized spacial score (nSPS) is 10.5. The van der Waals surface area contributed by atoms with E-state index in [9.17, 15) is 4.39 Å². The molecule has 0 amide bonds. The van der Waals surface area contributed by atoms with Crippen LogP contribution < -0.4 is 14.8 Å². The van der Waals surface area contributed by atoms with E-state index in [1.807, 2.05) is 24.3 Å². The number of rotatable bonds is 7. The number of nitrogens with one attached hydrogen (secondary N) is 1. The molecule has 2 aromatic rings. The largest absolute Gasteiger partial charge is 0.493 e. The van der Waals surface area contributed by atoms with Crippen molar-refractivity contribution in [2.24, 2.45) is 0 Å². The summed E-state index contributed by atoms with van der Waals surface area (Å²) in [7, 11) is 3.22. The van der Waals surface area contributed by atoms with E-state index in [0.717, 1.165) is 15.6 Å². The second kappa shape index (κ2) is 8.15. The predicted octanol–water partition coefficient (Wildman–Crippen LogP) is 3.94. The molecule has 0 atom stereocenters. The second-order valence-corrected chi connectivity index (χ2v) is 5.69. The van der Waals surface area contributed by atoms with Crippen LogP contribution in [0, 0.1) is 5.82 Å². The fourth-order valence-corrected chi connectivity index (χ4v) is 2.88. The highest BCUT2D eigenvalue weighted by Gasteiger charge is 2.10. The summed E-state index contributed by atoms with van der Waals surface area (Å²) in [4.78, 5) is 0. The van der Waals surface area contributed by atoms with Gasteiger partial charge in [0, 0.05) is 6.54 Å². The first-order valence-corrected chi connectivity index (χ1v) is 7.79. The Morgan fingerprint density at radius 1 is 1.14 bits per heavy atom. The van der Waals surface area contributed by atoms with Gasteiger partial charge in [-0.25, -0.2) is 4.39 Å². The molecule has 5 heteroatoms. The Morgan fingerprint density at radius 3 is 2.59 bits per heavy atom. The highest BCUT2D eigenvalue weighted by atomic mass is 79.9. The summed E-state index contributed by atoms with van der Waals surface area (Å²) in [5.41, 5.74) is 1.79. The summed E-state index contributed by atoms with van der Waals surface area (Å²) in [6.07, 6.45) is 0.654. The number of hydrogen-bond acceptors (Lipinski definition) is 3. The van der Waals surface area contributed by atoms with E-state index in [0.29, 0.717) is 31.0 Å². The summed E-state index contributed by atoms with van der Waals surface area (Å²) >= 11 is 3.47. The number of halogens is 2. The van der Waals surface area contributed by atoms with Crippen molar-refractivity contribution in [1.82, 2.24) is 5.32 Å². The lowest BCUT2D eigenvalue weighted by Crippen LogP contribution is -2.17. The fourth-order valence-electron chi connectivity index (χ4n) is 2.23. The van der Waals surface area contributed by atoms with Crippen LogP contribution in [0.1, 0.15) is 11.1 Å². The van der Waals surface area contributed by atoms with Crippen molar-refractivity contribution in [3.63, 3.8) is 0 Å². The molecule has 0 bridgehead atoms. The molecular weight excluding hydrogens is 349 g/mol. The monoisotopic (exact) mass is 367 g/mol. The van der Waals surface area contributed by atoms with Gasteiger partial charge in [0.1, 0.15) is 5.82 Å². The molecule has 1 N–H and O–H groups in total. The molecule has 0 saturated carbocycles. The van der Waals surface area contributed by atoms with Gasteiger partial charge >= 0.3 is 0 Å². The molecule has 2 aromatic carbocycles. The first-order valence-electron chi connectivity index (χ1n) is 7.00. The van der Waals surface area contributed by atoms with Crippen LogP contribution in [-0.2, 0) is 13.0 Å². The summed E-state index contributed by atoms with van der Waals surface area (Å²) in [6.45, 7) is 1.38. The molecule has 0 saturated heterocycles. The molecule has 0 aliphatic rings. The lowest BCUT2D eigenvalue weighted by Gasteiger charge is -2.12. The van der Waals surface area contributed by atoms with Crippen LogP contribution in [0.4, 0.5) is 4.39 Å². The molecule has 0 unspecified atom stereocenters. The van der Waals surface area contributed by atoms with Gasteiger partial charge in [-0.3, -0.25) is 0 Å². The zero-order valence-electron chi connectivity index (χ0n) is 12.7. The molecule has 22 heavy (non-hydrogen) atoms. The molecule has 0 aliphatic carbocycles. The number of ether oxygens (including phenoxy) is 2. The zero-order chi connectivity index (χ0) is 15.9. The van der Waals surface area contributed by atoms with Gasteiger partial charge in [0.15, 0.2) is 11.5 Å². The van der Waals surface area contributed by atoms with E-state index in [1.54, 1.807) is 20.3 Å². The van der Waals surface area contributed by atoms with Crippen LogP contribution in [0.3, 0.4) is 0 Å². The highest BCUT2D eigenvalue weighted by molar-refractivity contribution is 9.10. The van der Waals surface area contributed by atoms with Crippen molar-refractivity contribution in [2.75, 3.05) is 20.8 Å². The predicted molar refractivity (Wildman–Crippen MR) is 89.1 cm³/mol. The van der Waals surface area contributed by atoms with Gasteiger partial charge in [-0.05, 0) is 58.2 Å². The zero-order valence-corrected chi connectivity index (χ0v) is 14.2. The summed E-state index contributed by atoms with van der Waals surface area (Å²) < 4.78 is 25.0. The lowest BCUT2D eigenvalue weighted by atomic mass is 10.1. The lowest BCUT2D eigenvalue weighted by molar-refractivity contribution is 0.352. The van der Waals surface area contributed by atoms with Crippen molar-refractivity contribution in [3.8, 4) is 11.5 Å². The van der Waals surface area contributed by atoms with Gasteiger partial charge in [-0.2, -0.15) is 0 Å². The molecule has 0 fully saturated rings. The molecule has 0 heterocycles. The van der Waals surface area contributed by atoms with Crippen LogP contribution in [-0.4, -0.2) is 20.8 Å². The Bertz CT molecular complexity index is 634. The van der Waals surface area contributed by atoms with Crippen molar-refractivity contribution in [3.05, 3.63) is 57.8 Å². The molecule has 0 aromatic heterocycles. The van der Waals surface area contributed by atoms with Crippen molar-refractivity contribution >= 4 is 15.9 Å². The van der Waals surface area contributed by atoms with Crippen LogP contribution in [0.15, 0.2) is 40.9 Å². The quantitative estimate of drug-likeness (QED) is 0.751.